The molecule has 2 N–H and O–H groups in total. The molecular weight excluding hydrogens is 260 g/mol. The average Bonchev–Trinajstić information content (AvgIpc) is 2.61. The summed E-state index contributed by atoms with van der Waals surface area (Å²) in [5.41, 5.74) is 0.469. The van der Waals surface area contributed by atoms with Crippen molar-refractivity contribution in [1.29, 1.82) is 0 Å². The van der Waals surface area contributed by atoms with Crippen LogP contribution in [0.2, 0.25) is 0 Å². The van der Waals surface area contributed by atoms with Crippen LogP contribution in [0.5, 0.6) is 0 Å². The van der Waals surface area contributed by atoms with E-state index in [9.17, 15) is 14.7 Å². The Bertz CT molecular complexity index is 500. The number of nitrogens with zero attached hydrogens (tertiary/aromatic N) is 1. The molecule has 20 heavy (non-hydrogen) atoms. The van der Waals surface area contributed by atoms with E-state index < -0.39 is 17.9 Å². The Kier molecular flexibility index (Phi) is 4.92. The van der Waals surface area contributed by atoms with Crippen molar-refractivity contribution in [2.75, 3.05) is 0 Å². The highest BCUT2D eigenvalue weighted by molar-refractivity contribution is 5.95. The van der Waals surface area contributed by atoms with Gasteiger partial charge in [-0.25, -0.2) is 9.78 Å². The van der Waals surface area contributed by atoms with Gasteiger partial charge in [-0.1, -0.05) is 20.8 Å². The summed E-state index contributed by atoms with van der Waals surface area (Å²) in [5.74, 6) is -1.13. The van der Waals surface area contributed by atoms with Gasteiger partial charge in [0.25, 0.3) is 5.91 Å². The number of oxazole rings is 1. The number of rotatable bonds is 5. The highest BCUT2D eigenvalue weighted by Crippen LogP contribution is 2.22. The maximum absolute atomic E-state index is 12.0. The Morgan fingerprint density at radius 1 is 1.35 bits per heavy atom. The zero-order valence-corrected chi connectivity index (χ0v) is 12.6. The summed E-state index contributed by atoms with van der Waals surface area (Å²) in [6, 6.07) is -0.925. The predicted octanol–water partition coefficient (Wildman–Crippen LogP) is 2.30. The second-order valence-corrected chi connectivity index (χ2v) is 6.11. The van der Waals surface area contributed by atoms with Crippen LogP contribution in [0.1, 0.15) is 55.8 Å². The predicted molar refractivity (Wildman–Crippen MR) is 73.6 cm³/mol. The fourth-order valence-corrected chi connectivity index (χ4v) is 1.80. The number of carbonyl (C=O) groups excluding carboxylic acids is 1. The summed E-state index contributed by atoms with van der Waals surface area (Å²) in [7, 11) is 0. The van der Waals surface area contributed by atoms with Gasteiger partial charge in [0.2, 0.25) is 5.76 Å². The number of carbonyl (C=O) groups is 2. The molecule has 0 aliphatic rings. The maximum Gasteiger partial charge on any atom is 0.326 e. The lowest BCUT2D eigenvalue weighted by Crippen LogP contribution is -2.41. The molecule has 1 rings (SSSR count). The first-order valence-corrected chi connectivity index (χ1v) is 6.58. The van der Waals surface area contributed by atoms with Crippen LogP contribution in [0.4, 0.5) is 0 Å². The van der Waals surface area contributed by atoms with Crippen molar-refractivity contribution < 1.29 is 19.1 Å². The number of aryl methyl sites for hydroxylation is 2. The van der Waals surface area contributed by atoms with Crippen LogP contribution in [0.25, 0.3) is 0 Å². The number of hydrogen-bond donors (Lipinski definition) is 2. The summed E-state index contributed by atoms with van der Waals surface area (Å²) < 4.78 is 5.19. The number of carboxylic acid groups (broad SMARTS) is 1. The molecule has 0 bridgehead atoms. The average molecular weight is 282 g/mol. The lowest BCUT2D eigenvalue weighted by atomic mass is 9.88. The fourth-order valence-electron chi connectivity index (χ4n) is 1.80. The van der Waals surface area contributed by atoms with Crippen molar-refractivity contribution >= 4 is 11.9 Å². The van der Waals surface area contributed by atoms with Crippen LogP contribution >= 0.6 is 0 Å². The van der Waals surface area contributed by atoms with Crippen LogP contribution in [0.15, 0.2) is 4.42 Å². The van der Waals surface area contributed by atoms with Crippen LogP contribution < -0.4 is 5.32 Å². The molecule has 1 aromatic rings. The Balaban J connectivity index is 2.73. The lowest BCUT2D eigenvalue weighted by Gasteiger charge is -2.21. The first-order chi connectivity index (χ1) is 9.10. The van der Waals surface area contributed by atoms with Crippen LogP contribution in [-0.2, 0) is 4.79 Å². The molecule has 1 atom stereocenters. The van der Waals surface area contributed by atoms with E-state index in [1.807, 2.05) is 20.8 Å². The van der Waals surface area contributed by atoms with E-state index >= 15 is 0 Å². The van der Waals surface area contributed by atoms with Crippen molar-refractivity contribution in [3.63, 3.8) is 0 Å². The van der Waals surface area contributed by atoms with Gasteiger partial charge in [-0.15, -0.1) is 0 Å². The molecule has 0 saturated carbocycles. The van der Waals surface area contributed by atoms with Crippen LogP contribution in [-0.4, -0.2) is 28.0 Å². The number of hydrogen-bond acceptors (Lipinski definition) is 4. The molecule has 0 radical (unpaired) electrons. The van der Waals surface area contributed by atoms with Gasteiger partial charge in [0.1, 0.15) is 6.04 Å². The summed E-state index contributed by atoms with van der Waals surface area (Å²) >= 11 is 0. The number of aromatic nitrogens is 1. The molecular formula is C14H22N2O4. The minimum absolute atomic E-state index is 0.0111. The third-order valence-corrected chi connectivity index (χ3v) is 2.90. The van der Waals surface area contributed by atoms with Crippen molar-refractivity contribution in [1.82, 2.24) is 10.3 Å². The largest absolute Gasteiger partial charge is 0.480 e. The monoisotopic (exact) mass is 282 g/mol. The van der Waals surface area contributed by atoms with Gasteiger partial charge in [0, 0.05) is 6.92 Å². The Labute approximate surface area is 118 Å². The van der Waals surface area contributed by atoms with Gasteiger partial charge in [-0.05, 0) is 25.2 Å². The standard InChI is InChI=1S/C14H22N2O4/c1-8-11(20-9(2)15-8)12(17)16-10(13(18)19)6-7-14(3,4)5/h10H,6-7H2,1-5H3,(H,16,17)(H,18,19). The van der Waals surface area contributed by atoms with E-state index in [0.717, 1.165) is 0 Å². The summed E-state index contributed by atoms with van der Waals surface area (Å²) in [6.07, 6.45) is 1.06. The van der Waals surface area contributed by atoms with Gasteiger partial charge in [0.15, 0.2) is 5.89 Å². The fraction of sp³-hybridized carbons (Fsp3) is 0.643. The zero-order valence-electron chi connectivity index (χ0n) is 12.6. The first-order valence-electron chi connectivity index (χ1n) is 6.58. The zero-order chi connectivity index (χ0) is 15.5. The molecule has 112 valence electrons. The molecule has 0 aliphatic carbocycles. The normalized spacial score (nSPS) is 13.1. The van der Waals surface area contributed by atoms with Gasteiger partial charge in [-0.2, -0.15) is 0 Å². The van der Waals surface area contributed by atoms with Crippen molar-refractivity contribution in [2.45, 2.75) is 53.5 Å². The highest BCUT2D eigenvalue weighted by atomic mass is 16.4. The molecule has 1 unspecified atom stereocenters. The van der Waals surface area contributed by atoms with E-state index in [2.05, 4.69) is 10.3 Å². The SMILES string of the molecule is Cc1nc(C)c(C(=O)NC(CCC(C)(C)C)C(=O)O)o1. The molecule has 1 aromatic heterocycles. The van der Waals surface area contributed by atoms with Crippen molar-refractivity contribution in [2.24, 2.45) is 5.41 Å². The topological polar surface area (TPSA) is 92.4 Å². The van der Waals surface area contributed by atoms with Gasteiger partial charge >= 0.3 is 5.97 Å². The number of nitrogens with one attached hydrogen (secondary N) is 1. The second kappa shape index (κ2) is 6.07. The number of amides is 1. The Morgan fingerprint density at radius 3 is 2.35 bits per heavy atom. The number of carboxylic acids is 1. The molecule has 0 saturated heterocycles. The van der Waals surface area contributed by atoms with Crippen LogP contribution in [0, 0.1) is 19.3 Å². The molecule has 0 aromatic carbocycles. The van der Waals surface area contributed by atoms with E-state index in [4.69, 9.17) is 4.42 Å². The smallest absolute Gasteiger partial charge is 0.326 e. The third kappa shape index (κ3) is 4.68. The quantitative estimate of drug-likeness (QED) is 0.864. The molecule has 1 heterocycles. The van der Waals surface area contributed by atoms with Gasteiger partial charge < -0.3 is 14.8 Å². The molecule has 0 aliphatic heterocycles. The maximum atomic E-state index is 12.0. The van der Waals surface area contributed by atoms with E-state index in [0.29, 0.717) is 24.4 Å². The van der Waals surface area contributed by atoms with Crippen molar-refractivity contribution in [3.8, 4) is 0 Å². The molecule has 0 spiro atoms. The summed E-state index contributed by atoms with van der Waals surface area (Å²) in [4.78, 5) is 27.2. The summed E-state index contributed by atoms with van der Waals surface area (Å²) in [6.45, 7) is 9.36. The first kappa shape index (κ1) is 16.2. The Morgan fingerprint density at radius 2 is 1.95 bits per heavy atom. The highest BCUT2D eigenvalue weighted by Gasteiger charge is 2.25. The lowest BCUT2D eigenvalue weighted by molar-refractivity contribution is -0.139. The van der Waals surface area contributed by atoms with E-state index in [1.54, 1.807) is 13.8 Å². The van der Waals surface area contributed by atoms with Gasteiger partial charge in [0.05, 0.1) is 5.69 Å². The Hall–Kier alpha value is -1.85. The summed E-state index contributed by atoms with van der Waals surface area (Å²) in [5, 5.41) is 11.7. The van der Waals surface area contributed by atoms with Gasteiger partial charge in [-0.3, -0.25) is 4.79 Å². The molecule has 6 nitrogen and oxygen atoms in total. The molecule has 1 amide bonds. The van der Waals surface area contributed by atoms with E-state index in [-0.39, 0.29) is 11.2 Å². The minimum Gasteiger partial charge on any atom is -0.480 e. The number of aliphatic carboxylic acids is 1. The van der Waals surface area contributed by atoms with Crippen LogP contribution in [0.3, 0.4) is 0 Å². The minimum atomic E-state index is -1.04. The van der Waals surface area contributed by atoms with E-state index in [1.165, 1.54) is 0 Å². The molecule has 6 heteroatoms. The molecule has 0 fully saturated rings. The van der Waals surface area contributed by atoms with Crippen molar-refractivity contribution in [3.05, 3.63) is 17.3 Å². The third-order valence-electron chi connectivity index (χ3n) is 2.90. The second-order valence-electron chi connectivity index (χ2n) is 6.11.